The Morgan fingerprint density at radius 1 is 0.750 bits per heavy atom. The Kier molecular flexibility index (Phi) is 12.9. The molecule has 1 aliphatic carbocycles. The quantitative estimate of drug-likeness (QED) is 0.124. The maximum Gasteiger partial charge on any atom is 0.407 e. The van der Waals surface area contributed by atoms with Gasteiger partial charge < -0.3 is 44.6 Å². The highest BCUT2D eigenvalue weighted by Crippen LogP contribution is 2.50. The SMILES string of the molecule is C.COC(=O)N[C@H](C(=O)N1CCC[C@H]1c1ncc(-c2ccc(-c3ccc(-c4cnc([C@@H]5[C@H]6CC[C@H](C6)N5C(=O)[C@@H](NC(=O)OC)C5CCOCC5)[nH]4)cc3)cc2)[nH]1)C(C)C. The molecule has 4 fully saturated rings. The molecule has 0 spiro atoms. The van der Waals surface area contributed by atoms with E-state index in [4.69, 9.17) is 19.2 Å². The van der Waals surface area contributed by atoms with Gasteiger partial charge in [0.05, 0.1) is 50.1 Å². The van der Waals surface area contributed by atoms with Gasteiger partial charge in [0.25, 0.3) is 0 Å². The van der Waals surface area contributed by atoms with Gasteiger partial charge in [0, 0.05) is 25.8 Å². The van der Waals surface area contributed by atoms with Gasteiger partial charge in [0.2, 0.25) is 11.8 Å². The zero-order chi connectivity index (χ0) is 41.2. The molecule has 4 N–H and O–H groups in total. The number of H-pyrrole nitrogens is 2. The first kappa shape index (κ1) is 42.4. The van der Waals surface area contributed by atoms with Crippen LogP contribution in [0.25, 0.3) is 33.6 Å². The normalized spacial score (nSPS) is 22.3. The minimum atomic E-state index is -0.689. The number of imidazole rings is 2. The van der Waals surface area contributed by atoms with Crippen LogP contribution in [0.4, 0.5) is 9.59 Å². The lowest BCUT2D eigenvalue weighted by molar-refractivity contribution is -0.140. The number of nitrogens with zero attached hydrogens (tertiary/aromatic N) is 4. The van der Waals surface area contributed by atoms with E-state index in [2.05, 4.69) is 74.1 Å². The number of amides is 4. The summed E-state index contributed by atoms with van der Waals surface area (Å²) < 4.78 is 15.2. The number of likely N-dealkylation sites (tertiary alicyclic amines) is 2. The summed E-state index contributed by atoms with van der Waals surface area (Å²) in [5.41, 5.74) is 5.83. The first-order valence-corrected chi connectivity index (χ1v) is 20.8. The summed E-state index contributed by atoms with van der Waals surface area (Å²) in [5.74, 6) is 1.46. The summed E-state index contributed by atoms with van der Waals surface area (Å²) in [4.78, 5) is 72.6. The molecule has 8 rings (SSSR count). The van der Waals surface area contributed by atoms with Gasteiger partial charge in [0.1, 0.15) is 23.7 Å². The summed E-state index contributed by atoms with van der Waals surface area (Å²) in [6, 6.07) is 15.0. The number of hydrogen-bond donors (Lipinski definition) is 4. The van der Waals surface area contributed by atoms with Crippen molar-refractivity contribution in [1.29, 1.82) is 0 Å². The number of piperidine rings is 1. The molecule has 5 heterocycles. The molecule has 1 saturated carbocycles. The van der Waals surface area contributed by atoms with E-state index in [0.717, 1.165) is 77.4 Å². The average molecular weight is 823 g/mol. The van der Waals surface area contributed by atoms with Gasteiger partial charge in [-0.3, -0.25) is 9.59 Å². The van der Waals surface area contributed by atoms with Crippen molar-refractivity contribution in [2.75, 3.05) is 34.0 Å². The largest absolute Gasteiger partial charge is 0.453 e. The molecular formula is C45H58N8O7. The van der Waals surface area contributed by atoms with Crippen molar-refractivity contribution in [2.24, 2.45) is 17.8 Å². The van der Waals surface area contributed by atoms with Crippen molar-refractivity contribution in [2.45, 2.75) is 96.4 Å². The monoisotopic (exact) mass is 822 g/mol. The van der Waals surface area contributed by atoms with Crippen LogP contribution in [-0.2, 0) is 23.8 Å². The lowest BCUT2D eigenvalue weighted by Crippen LogP contribution is -2.55. The number of carbonyl (C=O) groups excluding carboxylic acids is 4. The van der Waals surface area contributed by atoms with Crippen molar-refractivity contribution < 1.29 is 33.4 Å². The standard InChI is InChI=1S/C44H54N8O7.CH4/c1-25(2)36(49-43(55)57-3)41(53)51-19-5-6-35(51)39-45-23-33(47-39)28-11-7-26(8-12-28)27-9-13-29(14-10-27)34-24-46-40(48-34)38-31-15-16-32(22-31)52(38)42(54)37(50-44(56)58-4)30-17-20-59-21-18-30;/h7-14,23-25,30-32,35-38H,5-6,15-22H2,1-4H3,(H,45,47)(H,46,48)(H,49,55)(H,50,56);1H4/t31-,32+,35-,36-,37-,38-;/m0./s1. The van der Waals surface area contributed by atoms with Gasteiger partial charge in [-0.1, -0.05) is 69.8 Å². The van der Waals surface area contributed by atoms with Crippen molar-refractivity contribution in [3.05, 3.63) is 72.6 Å². The molecule has 6 atom stereocenters. The van der Waals surface area contributed by atoms with E-state index in [-0.39, 0.29) is 49.2 Å². The van der Waals surface area contributed by atoms with Crippen molar-refractivity contribution >= 4 is 24.0 Å². The molecule has 0 radical (unpaired) electrons. The third-order valence-corrected chi connectivity index (χ3v) is 12.7. The fraction of sp³-hybridized carbons (Fsp3) is 0.511. The number of fused-ring (bicyclic) bond motifs is 2. The molecule has 3 aliphatic heterocycles. The zero-order valence-corrected chi connectivity index (χ0v) is 34.1. The third kappa shape index (κ3) is 8.49. The highest BCUT2D eigenvalue weighted by atomic mass is 16.5. The summed E-state index contributed by atoms with van der Waals surface area (Å²) in [5, 5.41) is 5.57. The Morgan fingerprint density at radius 3 is 1.92 bits per heavy atom. The van der Waals surface area contributed by atoms with Gasteiger partial charge in [0.15, 0.2) is 0 Å². The molecule has 320 valence electrons. The number of carbonyl (C=O) groups is 4. The molecule has 60 heavy (non-hydrogen) atoms. The van der Waals surface area contributed by atoms with Crippen molar-refractivity contribution in [3.63, 3.8) is 0 Å². The Balaban J connectivity index is 0.00000544. The Hall–Kier alpha value is -5.70. The number of aromatic amines is 2. The smallest absolute Gasteiger partial charge is 0.407 e. The van der Waals surface area contributed by atoms with Crippen LogP contribution in [0, 0.1) is 17.8 Å². The van der Waals surface area contributed by atoms with Gasteiger partial charge in [-0.25, -0.2) is 19.6 Å². The van der Waals surface area contributed by atoms with Gasteiger partial charge in [-0.15, -0.1) is 0 Å². The number of rotatable bonds is 11. The van der Waals surface area contributed by atoms with Crippen LogP contribution < -0.4 is 10.6 Å². The highest BCUT2D eigenvalue weighted by Gasteiger charge is 2.52. The lowest BCUT2D eigenvalue weighted by atomic mass is 9.89. The fourth-order valence-corrected chi connectivity index (χ4v) is 9.60. The maximum absolute atomic E-state index is 14.3. The van der Waals surface area contributed by atoms with Gasteiger partial charge in [-0.05, 0) is 85.0 Å². The summed E-state index contributed by atoms with van der Waals surface area (Å²) in [6.45, 7) is 5.53. The predicted molar refractivity (Wildman–Crippen MR) is 225 cm³/mol. The van der Waals surface area contributed by atoms with E-state index >= 15 is 0 Å². The van der Waals surface area contributed by atoms with Crippen LogP contribution in [0.2, 0.25) is 0 Å². The van der Waals surface area contributed by atoms with Gasteiger partial charge >= 0.3 is 12.2 Å². The summed E-state index contributed by atoms with van der Waals surface area (Å²) >= 11 is 0. The molecule has 4 aliphatic rings. The van der Waals surface area contributed by atoms with Crippen molar-refractivity contribution in [3.8, 4) is 33.6 Å². The maximum atomic E-state index is 14.3. The molecular weight excluding hydrogens is 765 g/mol. The van der Waals surface area contributed by atoms with E-state index in [1.165, 1.54) is 14.2 Å². The summed E-state index contributed by atoms with van der Waals surface area (Å²) in [7, 11) is 2.61. The Morgan fingerprint density at radius 2 is 1.32 bits per heavy atom. The van der Waals surface area contributed by atoms with Crippen LogP contribution in [0.5, 0.6) is 0 Å². The van der Waals surface area contributed by atoms with Crippen LogP contribution in [-0.4, -0.2) is 106 Å². The van der Waals surface area contributed by atoms with Crippen LogP contribution in [0.15, 0.2) is 60.9 Å². The highest BCUT2D eigenvalue weighted by molar-refractivity contribution is 5.87. The second-order valence-electron chi connectivity index (χ2n) is 16.5. The van der Waals surface area contributed by atoms with E-state index in [0.29, 0.717) is 38.5 Å². The first-order chi connectivity index (χ1) is 28.6. The number of benzene rings is 2. The van der Waals surface area contributed by atoms with Crippen LogP contribution in [0.3, 0.4) is 0 Å². The van der Waals surface area contributed by atoms with E-state index < -0.39 is 24.3 Å². The van der Waals surface area contributed by atoms with Gasteiger partial charge in [-0.2, -0.15) is 0 Å². The molecule has 2 bridgehead atoms. The lowest BCUT2D eigenvalue weighted by Gasteiger charge is -2.39. The number of methoxy groups -OCH3 is 2. The molecule has 15 heteroatoms. The fourth-order valence-electron chi connectivity index (χ4n) is 9.60. The number of hydrogen-bond acceptors (Lipinski definition) is 9. The minimum absolute atomic E-state index is 0. The molecule has 2 aromatic heterocycles. The molecule has 15 nitrogen and oxygen atoms in total. The third-order valence-electron chi connectivity index (χ3n) is 12.7. The van der Waals surface area contributed by atoms with E-state index in [9.17, 15) is 19.2 Å². The van der Waals surface area contributed by atoms with E-state index in [1.807, 2.05) is 29.8 Å². The molecule has 2 aromatic carbocycles. The topological polar surface area (TPSA) is 184 Å². The van der Waals surface area contributed by atoms with E-state index in [1.54, 1.807) is 6.20 Å². The van der Waals surface area contributed by atoms with Crippen LogP contribution in [0.1, 0.15) is 90.0 Å². The Labute approximate surface area is 351 Å². The van der Waals surface area contributed by atoms with Crippen molar-refractivity contribution in [1.82, 2.24) is 40.4 Å². The molecule has 0 unspecified atom stereocenters. The first-order valence-electron chi connectivity index (χ1n) is 20.8. The number of alkyl carbamates (subject to hydrolysis) is 2. The average Bonchev–Trinajstić information content (AvgIpc) is 4.13. The molecule has 3 saturated heterocycles. The number of ether oxygens (including phenoxy) is 3. The molecule has 4 amide bonds. The number of nitrogens with one attached hydrogen (secondary N) is 4. The second-order valence-corrected chi connectivity index (χ2v) is 16.5. The summed E-state index contributed by atoms with van der Waals surface area (Å²) in [6.07, 6.45) is 8.37. The van der Waals surface area contributed by atoms with Crippen LogP contribution >= 0.6 is 0 Å². The zero-order valence-electron chi connectivity index (χ0n) is 34.1. The second kappa shape index (κ2) is 18.3. The number of aromatic nitrogens is 4. The molecule has 4 aromatic rings. The Bertz CT molecular complexity index is 2130. The minimum Gasteiger partial charge on any atom is -0.453 e. The predicted octanol–water partition coefficient (Wildman–Crippen LogP) is 7.02.